The van der Waals surface area contributed by atoms with Crippen molar-refractivity contribution in [2.75, 3.05) is 33.4 Å². The molecule has 2 aliphatic heterocycles. The number of fused-ring (bicyclic) bond motifs is 1. The number of aryl methyl sites for hydroxylation is 1. The predicted molar refractivity (Wildman–Crippen MR) is 135 cm³/mol. The Balaban J connectivity index is 1.27. The van der Waals surface area contributed by atoms with E-state index in [1.54, 1.807) is 0 Å². The van der Waals surface area contributed by atoms with Crippen molar-refractivity contribution < 1.29 is 14.3 Å². The van der Waals surface area contributed by atoms with Crippen molar-refractivity contribution in [1.29, 1.82) is 0 Å². The second-order valence-electron chi connectivity index (χ2n) is 9.57. The molecular formula is C28H34N4O3. The van der Waals surface area contributed by atoms with E-state index in [4.69, 9.17) is 14.6 Å². The van der Waals surface area contributed by atoms with Gasteiger partial charge in [-0.25, -0.2) is 4.68 Å². The van der Waals surface area contributed by atoms with Gasteiger partial charge in [0.25, 0.3) is 0 Å². The first kappa shape index (κ1) is 23.4. The molecule has 0 bridgehead atoms. The van der Waals surface area contributed by atoms with E-state index in [9.17, 15) is 4.79 Å². The first-order chi connectivity index (χ1) is 17.0. The van der Waals surface area contributed by atoms with Gasteiger partial charge in [-0.05, 0) is 63.6 Å². The molecule has 35 heavy (non-hydrogen) atoms. The molecule has 1 saturated heterocycles. The Bertz CT molecular complexity index is 1190. The summed E-state index contributed by atoms with van der Waals surface area (Å²) in [5.74, 6) is 1.74. The van der Waals surface area contributed by atoms with Crippen LogP contribution in [0.3, 0.4) is 0 Å². The number of likely N-dealkylation sites (tertiary alicyclic amines) is 1. The van der Waals surface area contributed by atoms with E-state index < -0.39 is 0 Å². The molecule has 7 nitrogen and oxygen atoms in total. The molecule has 2 aromatic carbocycles. The minimum atomic E-state index is 0.0809. The van der Waals surface area contributed by atoms with Crippen LogP contribution in [0.2, 0.25) is 0 Å². The minimum Gasteiger partial charge on any atom is -0.490 e. The summed E-state index contributed by atoms with van der Waals surface area (Å²) in [6.07, 6.45) is 2.86. The monoisotopic (exact) mass is 474 g/mol. The van der Waals surface area contributed by atoms with Gasteiger partial charge >= 0.3 is 0 Å². The molecule has 184 valence electrons. The molecule has 3 aromatic rings. The maximum absolute atomic E-state index is 13.4. The third-order valence-electron chi connectivity index (χ3n) is 7.00. The maximum atomic E-state index is 13.4. The second kappa shape index (κ2) is 10.1. The number of benzene rings is 2. The lowest BCUT2D eigenvalue weighted by atomic mass is 10.0. The zero-order valence-corrected chi connectivity index (χ0v) is 20.9. The number of nitrogens with zero attached hydrogens (tertiary/aromatic N) is 4. The second-order valence-corrected chi connectivity index (χ2v) is 9.57. The van der Waals surface area contributed by atoms with Crippen molar-refractivity contribution in [3.63, 3.8) is 0 Å². The zero-order chi connectivity index (χ0) is 24.4. The Morgan fingerprint density at radius 3 is 2.63 bits per heavy atom. The number of ether oxygens (including phenoxy) is 2. The molecule has 1 amide bonds. The Morgan fingerprint density at radius 2 is 1.83 bits per heavy atom. The highest BCUT2D eigenvalue weighted by atomic mass is 16.5. The zero-order valence-electron chi connectivity index (χ0n) is 20.9. The van der Waals surface area contributed by atoms with E-state index in [1.807, 2.05) is 47.8 Å². The number of carbonyl (C=O) groups is 1. The van der Waals surface area contributed by atoms with Gasteiger partial charge in [-0.15, -0.1) is 0 Å². The first-order valence-corrected chi connectivity index (χ1v) is 12.5. The van der Waals surface area contributed by atoms with Gasteiger partial charge in [0.1, 0.15) is 0 Å². The third-order valence-corrected chi connectivity index (χ3v) is 7.00. The van der Waals surface area contributed by atoms with E-state index in [1.165, 1.54) is 5.56 Å². The van der Waals surface area contributed by atoms with Crippen molar-refractivity contribution in [3.05, 3.63) is 71.0 Å². The van der Waals surface area contributed by atoms with Crippen LogP contribution in [0.25, 0.3) is 5.69 Å². The average molecular weight is 475 g/mol. The largest absolute Gasteiger partial charge is 0.490 e. The first-order valence-electron chi connectivity index (χ1n) is 12.5. The molecular weight excluding hydrogens is 440 g/mol. The average Bonchev–Trinajstić information content (AvgIpc) is 3.37. The van der Waals surface area contributed by atoms with Gasteiger partial charge < -0.3 is 14.4 Å². The minimum absolute atomic E-state index is 0.0809. The number of hydrogen-bond acceptors (Lipinski definition) is 5. The summed E-state index contributed by atoms with van der Waals surface area (Å²) in [5.41, 5.74) is 5.45. The molecule has 7 heteroatoms. The van der Waals surface area contributed by atoms with Gasteiger partial charge in [-0.3, -0.25) is 9.69 Å². The highest BCUT2D eigenvalue weighted by Crippen LogP contribution is 2.38. The van der Waals surface area contributed by atoms with Crippen LogP contribution in [0.1, 0.15) is 47.8 Å². The number of para-hydroxylation sites is 1. The number of carbonyl (C=O) groups excluding carboxylic acids is 1. The van der Waals surface area contributed by atoms with E-state index in [2.05, 4.69) is 36.1 Å². The van der Waals surface area contributed by atoms with Crippen molar-refractivity contribution >= 4 is 5.91 Å². The highest BCUT2D eigenvalue weighted by Gasteiger charge is 2.31. The summed E-state index contributed by atoms with van der Waals surface area (Å²) in [5, 5.41) is 4.76. The number of amides is 1. The van der Waals surface area contributed by atoms with E-state index in [0.717, 1.165) is 59.9 Å². The number of rotatable bonds is 6. The Kier molecular flexibility index (Phi) is 6.77. The topological polar surface area (TPSA) is 59.8 Å². The van der Waals surface area contributed by atoms with Crippen molar-refractivity contribution in [3.8, 4) is 17.2 Å². The SMILES string of the molecule is Cc1nn(-c2ccccc2)c(C)c1CN(C)CC(=O)N1CCCC1c1ccc2c(c1)OCCCO2. The Hall–Kier alpha value is -3.32. The van der Waals surface area contributed by atoms with Crippen LogP contribution < -0.4 is 9.47 Å². The van der Waals surface area contributed by atoms with Gasteiger partial charge in [0.15, 0.2) is 11.5 Å². The van der Waals surface area contributed by atoms with Crippen LogP contribution in [-0.2, 0) is 11.3 Å². The maximum Gasteiger partial charge on any atom is 0.237 e. The van der Waals surface area contributed by atoms with E-state index in [0.29, 0.717) is 26.3 Å². The number of aromatic nitrogens is 2. The smallest absolute Gasteiger partial charge is 0.237 e. The fraction of sp³-hybridized carbons (Fsp3) is 0.429. The fourth-order valence-electron chi connectivity index (χ4n) is 5.17. The molecule has 1 fully saturated rings. The lowest BCUT2D eigenvalue weighted by molar-refractivity contribution is -0.133. The standard InChI is InChI=1S/C28H34N4O3/c1-20-24(21(2)32(29-20)23-9-5-4-6-10-23)18-30(3)19-28(33)31-14-7-11-25(31)22-12-13-26-27(17-22)35-16-8-15-34-26/h4-6,9-10,12-13,17,25H,7-8,11,14-16,18-19H2,1-3H3. The summed E-state index contributed by atoms with van der Waals surface area (Å²) >= 11 is 0. The lowest BCUT2D eigenvalue weighted by Crippen LogP contribution is -2.38. The summed E-state index contributed by atoms with van der Waals surface area (Å²) in [6, 6.07) is 16.4. The number of likely N-dealkylation sites (N-methyl/N-ethyl adjacent to an activating group) is 1. The molecule has 1 aromatic heterocycles. The van der Waals surface area contributed by atoms with Crippen molar-refractivity contribution in [2.45, 2.75) is 45.7 Å². The predicted octanol–water partition coefficient (Wildman–Crippen LogP) is 4.45. The van der Waals surface area contributed by atoms with Gasteiger partial charge in [0, 0.05) is 30.8 Å². The summed E-state index contributed by atoms with van der Waals surface area (Å²) in [7, 11) is 2.01. The van der Waals surface area contributed by atoms with Crippen LogP contribution >= 0.6 is 0 Å². The summed E-state index contributed by atoms with van der Waals surface area (Å²) < 4.78 is 13.7. The lowest BCUT2D eigenvalue weighted by Gasteiger charge is -2.28. The van der Waals surface area contributed by atoms with Crippen LogP contribution in [-0.4, -0.2) is 58.8 Å². The van der Waals surface area contributed by atoms with Gasteiger partial charge in [0.2, 0.25) is 5.91 Å². The molecule has 0 N–H and O–H groups in total. The van der Waals surface area contributed by atoms with Crippen LogP contribution in [0, 0.1) is 13.8 Å². The van der Waals surface area contributed by atoms with Gasteiger partial charge in [0.05, 0.1) is 37.2 Å². The van der Waals surface area contributed by atoms with Crippen LogP contribution in [0.15, 0.2) is 48.5 Å². The van der Waals surface area contributed by atoms with E-state index >= 15 is 0 Å². The van der Waals surface area contributed by atoms with E-state index in [-0.39, 0.29) is 11.9 Å². The van der Waals surface area contributed by atoms with Gasteiger partial charge in [-0.1, -0.05) is 24.3 Å². The normalized spacial score (nSPS) is 17.6. The molecule has 0 aliphatic carbocycles. The summed E-state index contributed by atoms with van der Waals surface area (Å²) in [6.45, 7) is 7.31. The Labute approximate surface area is 207 Å². The van der Waals surface area contributed by atoms with Gasteiger partial charge in [-0.2, -0.15) is 5.10 Å². The molecule has 1 atom stereocenters. The molecule has 2 aliphatic rings. The molecule has 5 rings (SSSR count). The fourth-order valence-corrected chi connectivity index (χ4v) is 5.17. The number of hydrogen-bond donors (Lipinski definition) is 0. The van der Waals surface area contributed by atoms with Crippen molar-refractivity contribution in [2.24, 2.45) is 0 Å². The highest BCUT2D eigenvalue weighted by molar-refractivity contribution is 5.79. The third kappa shape index (κ3) is 4.91. The molecule has 1 unspecified atom stereocenters. The molecule has 3 heterocycles. The van der Waals surface area contributed by atoms with Crippen LogP contribution in [0.5, 0.6) is 11.5 Å². The Morgan fingerprint density at radius 1 is 1.06 bits per heavy atom. The van der Waals surface area contributed by atoms with Crippen molar-refractivity contribution in [1.82, 2.24) is 19.6 Å². The molecule has 0 saturated carbocycles. The molecule has 0 spiro atoms. The summed E-state index contributed by atoms with van der Waals surface area (Å²) in [4.78, 5) is 17.5. The molecule has 0 radical (unpaired) electrons. The van der Waals surface area contributed by atoms with Crippen LogP contribution in [0.4, 0.5) is 0 Å². The quantitative estimate of drug-likeness (QED) is 0.528.